The molecule has 0 amide bonds. The Morgan fingerprint density at radius 2 is 2.06 bits per heavy atom. The number of hydrogen-bond acceptors (Lipinski definition) is 4. The van der Waals surface area contributed by atoms with E-state index >= 15 is 0 Å². The van der Waals surface area contributed by atoms with Crippen LogP contribution in [0.4, 0.5) is 0 Å². The van der Waals surface area contributed by atoms with Crippen molar-refractivity contribution in [2.24, 2.45) is 5.14 Å². The molecule has 0 fully saturated rings. The van der Waals surface area contributed by atoms with Crippen LogP contribution in [0.3, 0.4) is 0 Å². The summed E-state index contributed by atoms with van der Waals surface area (Å²) in [4.78, 5) is 11.3. The average Bonchev–Trinajstić information content (AvgIpc) is 2.25. The van der Waals surface area contributed by atoms with Crippen molar-refractivity contribution in [1.82, 2.24) is 0 Å². The number of carbonyl (C=O) groups is 1. The minimum absolute atomic E-state index is 0.0237. The first kappa shape index (κ1) is 12.7. The summed E-state index contributed by atoms with van der Waals surface area (Å²) in [5.74, 6) is -0.709. The van der Waals surface area contributed by atoms with E-state index < -0.39 is 16.0 Å². The summed E-state index contributed by atoms with van der Waals surface area (Å²) in [6.45, 7) is 1.78. The molecule has 6 heteroatoms. The van der Waals surface area contributed by atoms with Crippen molar-refractivity contribution in [3.63, 3.8) is 0 Å². The number of hydrogen-bond donors (Lipinski definition) is 1. The van der Waals surface area contributed by atoms with E-state index in [1.165, 1.54) is 13.2 Å². The zero-order valence-electron chi connectivity index (χ0n) is 9.06. The molecule has 0 saturated carbocycles. The number of esters is 1. The summed E-state index contributed by atoms with van der Waals surface area (Å²) in [5.41, 5.74) is 0.481. The molecule has 16 heavy (non-hydrogen) atoms. The first-order valence-electron chi connectivity index (χ1n) is 4.64. The Balaban J connectivity index is 3.57. The molecule has 0 spiro atoms. The van der Waals surface area contributed by atoms with Gasteiger partial charge in [-0.2, -0.15) is 0 Å². The maximum Gasteiger partial charge on any atom is 0.339 e. The van der Waals surface area contributed by atoms with E-state index in [0.29, 0.717) is 12.0 Å². The molecule has 0 radical (unpaired) electrons. The molecule has 88 valence electrons. The largest absolute Gasteiger partial charge is 0.465 e. The van der Waals surface area contributed by atoms with Crippen LogP contribution in [0, 0.1) is 0 Å². The molecule has 1 rings (SSSR count). The second kappa shape index (κ2) is 4.63. The zero-order chi connectivity index (χ0) is 12.3. The molecule has 5 nitrogen and oxygen atoms in total. The lowest BCUT2D eigenvalue weighted by Crippen LogP contribution is -2.19. The van der Waals surface area contributed by atoms with Crippen LogP contribution in [0.1, 0.15) is 22.8 Å². The fourth-order valence-electron chi connectivity index (χ4n) is 1.47. The highest BCUT2D eigenvalue weighted by Crippen LogP contribution is 2.20. The third-order valence-corrected chi connectivity index (χ3v) is 3.22. The van der Waals surface area contributed by atoms with Gasteiger partial charge in [0.2, 0.25) is 10.0 Å². The van der Waals surface area contributed by atoms with Crippen molar-refractivity contribution in [2.45, 2.75) is 18.2 Å². The number of carbonyl (C=O) groups excluding carboxylic acids is 1. The van der Waals surface area contributed by atoms with Crippen LogP contribution < -0.4 is 5.14 Å². The first-order valence-corrected chi connectivity index (χ1v) is 6.19. The second-order valence-corrected chi connectivity index (χ2v) is 4.68. The number of sulfonamides is 1. The monoisotopic (exact) mass is 243 g/mol. The lowest BCUT2D eigenvalue weighted by atomic mass is 10.1. The van der Waals surface area contributed by atoms with Crippen LogP contribution >= 0.6 is 0 Å². The third kappa shape index (κ3) is 2.40. The average molecular weight is 243 g/mol. The smallest absolute Gasteiger partial charge is 0.339 e. The lowest BCUT2D eigenvalue weighted by Gasteiger charge is -2.10. The Hall–Kier alpha value is -1.40. The second-order valence-electron chi connectivity index (χ2n) is 3.18. The van der Waals surface area contributed by atoms with Gasteiger partial charge in [-0.1, -0.05) is 19.1 Å². The molecule has 0 aliphatic carbocycles. The van der Waals surface area contributed by atoms with Crippen molar-refractivity contribution in [3.8, 4) is 0 Å². The molecule has 0 aliphatic rings. The van der Waals surface area contributed by atoms with E-state index in [9.17, 15) is 13.2 Å². The molecular formula is C10H13NO4S. The van der Waals surface area contributed by atoms with E-state index in [2.05, 4.69) is 4.74 Å². The topological polar surface area (TPSA) is 86.5 Å². The highest BCUT2D eigenvalue weighted by molar-refractivity contribution is 7.89. The van der Waals surface area contributed by atoms with Crippen LogP contribution in [0.25, 0.3) is 0 Å². The molecule has 0 aliphatic heterocycles. The Kier molecular flexibility index (Phi) is 3.66. The summed E-state index contributed by atoms with van der Waals surface area (Å²) in [6.07, 6.45) is 0.469. The lowest BCUT2D eigenvalue weighted by molar-refractivity contribution is 0.0596. The number of benzene rings is 1. The predicted molar refractivity (Wildman–Crippen MR) is 58.5 cm³/mol. The molecule has 0 saturated heterocycles. The summed E-state index contributed by atoms with van der Waals surface area (Å²) >= 11 is 0. The van der Waals surface area contributed by atoms with E-state index in [0.717, 1.165) is 0 Å². The van der Waals surface area contributed by atoms with Crippen LogP contribution in [-0.2, 0) is 21.2 Å². The molecule has 0 unspecified atom stereocenters. The maximum atomic E-state index is 11.4. The molecule has 0 atom stereocenters. The highest BCUT2D eigenvalue weighted by atomic mass is 32.2. The van der Waals surface area contributed by atoms with Gasteiger partial charge in [-0.25, -0.2) is 18.4 Å². The Bertz CT molecular complexity index is 508. The normalized spacial score (nSPS) is 11.2. The van der Waals surface area contributed by atoms with Crippen LogP contribution in [0.15, 0.2) is 23.1 Å². The van der Waals surface area contributed by atoms with Gasteiger partial charge in [0.05, 0.1) is 17.6 Å². The standard InChI is InChI=1S/C10H13NO4S/c1-3-7-5-4-6-8(10(12)15-2)9(7)16(11,13)14/h4-6H,3H2,1-2H3,(H2,11,13,14). The Morgan fingerprint density at radius 1 is 1.44 bits per heavy atom. The predicted octanol–water partition coefficient (Wildman–Crippen LogP) is 0.683. The molecule has 2 N–H and O–H groups in total. The van der Waals surface area contributed by atoms with Gasteiger partial charge in [0.15, 0.2) is 0 Å². The van der Waals surface area contributed by atoms with E-state index in [-0.39, 0.29) is 10.5 Å². The van der Waals surface area contributed by atoms with Crippen LogP contribution in [-0.4, -0.2) is 21.5 Å². The third-order valence-electron chi connectivity index (χ3n) is 2.17. The van der Waals surface area contributed by atoms with E-state index in [1.54, 1.807) is 19.1 Å². The van der Waals surface area contributed by atoms with Gasteiger partial charge < -0.3 is 4.74 Å². The van der Waals surface area contributed by atoms with Gasteiger partial charge in [-0.15, -0.1) is 0 Å². The van der Waals surface area contributed by atoms with Crippen molar-refractivity contribution in [2.75, 3.05) is 7.11 Å². The highest BCUT2D eigenvalue weighted by Gasteiger charge is 2.22. The van der Waals surface area contributed by atoms with Crippen molar-refractivity contribution < 1.29 is 17.9 Å². The maximum absolute atomic E-state index is 11.4. The molecule has 0 aromatic heterocycles. The fraction of sp³-hybridized carbons (Fsp3) is 0.300. The number of primary sulfonamides is 1. The van der Waals surface area contributed by atoms with E-state index in [1.807, 2.05) is 0 Å². The quantitative estimate of drug-likeness (QED) is 0.791. The Morgan fingerprint density at radius 3 is 2.50 bits per heavy atom. The van der Waals surface area contributed by atoms with Gasteiger partial charge in [0.1, 0.15) is 0 Å². The van der Waals surface area contributed by atoms with Crippen molar-refractivity contribution in [1.29, 1.82) is 0 Å². The number of aryl methyl sites for hydroxylation is 1. The van der Waals surface area contributed by atoms with Gasteiger partial charge in [-0.3, -0.25) is 0 Å². The minimum atomic E-state index is -3.93. The van der Waals surface area contributed by atoms with Crippen LogP contribution in [0.5, 0.6) is 0 Å². The Labute approximate surface area is 94.3 Å². The van der Waals surface area contributed by atoms with Gasteiger partial charge in [0.25, 0.3) is 0 Å². The van der Waals surface area contributed by atoms with Gasteiger partial charge in [-0.05, 0) is 18.1 Å². The van der Waals surface area contributed by atoms with Gasteiger partial charge in [0, 0.05) is 0 Å². The molecular weight excluding hydrogens is 230 g/mol. The molecule has 1 aromatic rings. The summed E-state index contributed by atoms with van der Waals surface area (Å²) in [7, 11) is -2.74. The van der Waals surface area contributed by atoms with Crippen LogP contribution in [0.2, 0.25) is 0 Å². The van der Waals surface area contributed by atoms with E-state index in [4.69, 9.17) is 5.14 Å². The number of methoxy groups -OCH3 is 1. The SMILES string of the molecule is CCc1cccc(C(=O)OC)c1S(N)(=O)=O. The zero-order valence-corrected chi connectivity index (χ0v) is 9.87. The number of rotatable bonds is 3. The summed E-state index contributed by atoms with van der Waals surface area (Å²) in [6, 6.07) is 4.59. The summed E-state index contributed by atoms with van der Waals surface area (Å²) < 4.78 is 27.4. The fourth-order valence-corrected chi connectivity index (χ4v) is 2.51. The number of ether oxygens (including phenoxy) is 1. The summed E-state index contributed by atoms with van der Waals surface area (Å²) in [5, 5.41) is 5.09. The molecule has 1 aromatic carbocycles. The number of nitrogens with two attached hydrogens (primary N) is 1. The molecule has 0 bridgehead atoms. The molecule has 0 heterocycles. The van der Waals surface area contributed by atoms with Crippen molar-refractivity contribution >= 4 is 16.0 Å². The van der Waals surface area contributed by atoms with Crippen molar-refractivity contribution in [3.05, 3.63) is 29.3 Å². The van der Waals surface area contributed by atoms with Gasteiger partial charge >= 0.3 is 5.97 Å². The minimum Gasteiger partial charge on any atom is -0.465 e. The first-order chi connectivity index (χ1) is 7.41.